The second-order valence-electron chi connectivity index (χ2n) is 7.56. The zero-order chi connectivity index (χ0) is 22.7. The van der Waals surface area contributed by atoms with E-state index in [9.17, 15) is 20.3 Å². The number of rotatable bonds is 6. The quantitative estimate of drug-likeness (QED) is 0.525. The molecule has 1 amide bonds. The number of fused-ring (bicyclic) bond motifs is 3. The van der Waals surface area contributed by atoms with E-state index in [2.05, 4.69) is 17.4 Å². The molecule has 3 aromatic carbocycles. The highest BCUT2D eigenvalue weighted by molar-refractivity contribution is 6.30. The maximum absolute atomic E-state index is 12.3. The number of amides is 1. The van der Waals surface area contributed by atoms with Crippen molar-refractivity contribution in [2.75, 3.05) is 13.2 Å². The highest BCUT2D eigenvalue weighted by Gasteiger charge is 2.29. The summed E-state index contributed by atoms with van der Waals surface area (Å²) in [6.07, 6.45) is -3.39. The maximum Gasteiger partial charge on any atom is 0.407 e. The van der Waals surface area contributed by atoms with Crippen molar-refractivity contribution in [1.82, 2.24) is 5.32 Å². The molecule has 0 saturated heterocycles. The monoisotopic (exact) mass is 448 g/mol. The second-order valence-corrected chi connectivity index (χ2v) is 8.00. The van der Waals surface area contributed by atoms with Crippen molar-refractivity contribution in [3.05, 3.63) is 94.0 Å². The normalized spacial score (nSPS) is 14.1. The topological polar surface area (TPSA) is 103 Å². The molecule has 0 saturated carbocycles. The van der Waals surface area contributed by atoms with E-state index in [1.54, 1.807) is 0 Å². The first-order valence-corrected chi connectivity index (χ1v) is 10.5. The molecule has 3 N–H and O–H groups in total. The van der Waals surface area contributed by atoms with Crippen LogP contribution in [-0.4, -0.2) is 35.6 Å². The van der Waals surface area contributed by atoms with Crippen LogP contribution in [0.3, 0.4) is 0 Å². The van der Waals surface area contributed by atoms with Gasteiger partial charge in [0, 0.05) is 23.0 Å². The van der Waals surface area contributed by atoms with Gasteiger partial charge in [-0.15, -0.1) is 0 Å². The third-order valence-electron chi connectivity index (χ3n) is 5.62. The van der Waals surface area contributed by atoms with Gasteiger partial charge < -0.3 is 20.3 Å². The Hall–Kier alpha value is -3.37. The lowest BCUT2D eigenvalue weighted by molar-refractivity contribution is 0.0184. The highest BCUT2D eigenvalue weighted by atomic mass is 35.5. The van der Waals surface area contributed by atoms with E-state index in [1.165, 1.54) is 18.2 Å². The van der Waals surface area contributed by atoms with Gasteiger partial charge in [0.25, 0.3) is 0 Å². The Kier molecular flexibility index (Phi) is 6.42. The Morgan fingerprint density at radius 2 is 1.69 bits per heavy atom. The fraction of sp³-hybridized carbons (Fsp3) is 0.200. The minimum Gasteiger partial charge on any atom is -0.449 e. The lowest BCUT2D eigenvalue weighted by Crippen LogP contribution is -2.36. The van der Waals surface area contributed by atoms with Crippen molar-refractivity contribution in [2.24, 2.45) is 0 Å². The van der Waals surface area contributed by atoms with Crippen molar-refractivity contribution in [1.29, 1.82) is 5.26 Å². The summed E-state index contributed by atoms with van der Waals surface area (Å²) in [5.41, 5.74) is 4.86. The van der Waals surface area contributed by atoms with E-state index >= 15 is 0 Å². The molecule has 2 atom stereocenters. The lowest BCUT2D eigenvalue weighted by atomic mass is 9.98. The van der Waals surface area contributed by atoms with Crippen LogP contribution in [0.25, 0.3) is 11.1 Å². The Labute approximate surface area is 190 Å². The zero-order valence-electron chi connectivity index (χ0n) is 17.0. The van der Waals surface area contributed by atoms with E-state index in [0.717, 1.165) is 22.3 Å². The zero-order valence-corrected chi connectivity index (χ0v) is 17.8. The Morgan fingerprint density at radius 1 is 1.06 bits per heavy atom. The van der Waals surface area contributed by atoms with Gasteiger partial charge in [0.05, 0.1) is 11.6 Å². The van der Waals surface area contributed by atoms with Crippen molar-refractivity contribution < 1.29 is 19.7 Å². The number of nitrogens with zero attached hydrogens (tertiary/aromatic N) is 1. The third-order valence-corrected chi connectivity index (χ3v) is 5.85. The number of ether oxygens (including phenoxy) is 1. The molecule has 3 aromatic rings. The number of halogens is 1. The predicted molar refractivity (Wildman–Crippen MR) is 120 cm³/mol. The standard InChI is InChI=1S/C25H21ClN2O4/c26-16-9-10-17(15(11-16)12-27)24(30)23(29)13-28-25(31)32-14-22-20-7-3-1-5-18(20)19-6-2-4-8-21(19)22/h1-11,22-24,29-30H,13-14H2,(H,28,31). The second kappa shape index (κ2) is 9.41. The molecule has 162 valence electrons. The molecule has 6 nitrogen and oxygen atoms in total. The molecule has 0 radical (unpaired) electrons. The molecule has 0 aliphatic heterocycles. The summed E-state index contributed by atoms with van der Waals surface area (Å²) in [5.74, 6) is -0.0732. The molecule has 0 spiro atoms. The average molecular weight is 449 g/mol. The summed E-state index contributed by atoms with van der Waals surface area (Å²) in [5, 5.41) is 32.7. The van der Waals surface area contributed by atoms with Crippen LogP contribution in [0, 0.1) is 11.3 Å². The molecular formula is C25H21ClN2O4. The van der Waals surface area contributed by atoms with Gasteiger partial charge >= 0.3 is 6.09 Å². The molecule has 2 unspecified atom stereocenters. The van der Waals surface area contributed by atoms with E-state index in [0.29, 0.717) is 5.02 Å². The van der Waals surface area contributed by atoms with Gasteiger partial charge in [0.1, 0.15) is 18.8 Å². The van der Waals surface area contributed by atoms with E-state index in [-0.39, 0.29) is 30.2 Å². The number of nitriles is 1. The first kappa shape index (κ1) is 21.8. The Balaban J connectivity index is 1.36. The van der Waals surface area contributed by atoms with Crippen molar-refractivity contribution in [3.8, 4) is 17.2 Å². The van der Waals surface area contributed by atoms with Crippen molar-refractivity contribution in [3.63, 3.8) is 0 Å². The molecule has 1 aliphatic carbocycles. The van der Waals surface area contributed by atoms with Gasteiger partial charge in [-0.25, -0.2) is 4.79 Å². The van der Waals surface area contributed by atoms with Crippen LogP contribution in [0.1, 0.15) is 34.3 Å². The summed E-state index contributed by atoms with van der Waals surface area (Å²) in [4.78, 5) is 12.3. The molecule has 4 rings (SSSR count). The summed E-state index contributed by atoms with van der Waals surface area (Å²) in [7, 11) is 0. The van der Waals surface area contributed by atoms with Crippen LogP contribution >= 0.6 is 11.6 Å². The average Bonchev–Trinajstić information content (AvgIpc) is 3.14. The van der Waals surface area contributed by atoms with Crippen molar-refractivity contribution in [2.45, 2.75) is 18.1 Å². The minimum absolute atomic E-state index is 0.0732. The van der Waals surface area contributed by atoms with Gasteiger partial charge in [0.2, 0.25) is 0 Å². The van der Waals surface area contributed by atoms with Gasteiger partial charge in [0.15, 0.2) is 0 Å². The largest absolute Gasteiger partial charge is 0.449 e. The number of benzene rings is 3. The summed E-state index contributed by atoms with van der Waals surface area (Å²) < 4.78 is 5.42. The number of hydrogen-bond acceptors (Lipinski definition) is 5. The number of carbonyl (C=O) groups is 1. The van der Waals surface area contributed by atoms with Crippen LogP contribution in [-0.2, 0) is 4.74 Å². The third kappa shape index (κ3) is 4.32. The van der Waals surface area contributed by atoms with Crippen molar-refractivity contribution >= 4 is 17.7 Å². The predicted octanol–water partition coefficient (Wildman–Crippen LogP) is 4.14. The first-order chi connectivity index (χ1) is 15.5. The molecule has 1 aliphatic rings. The van der Waals surface area contributed by atoms with Crippen LogP contribution in [0.15, 0.2) is 66.7 Å². The number of hydrogen-bond donors (Lipinski definition) is 3. The Bertz CT molecular complexity index is 1150. The van der Waals surface area contributed by atoms with E-state index in [4.69, 9.17) is 16.3 Å². The number of aliphatic hydroxyl groups excluding tert-OH is 2. The number of aliphatic hydroxyl groups is 2. The Morgan fingerprint density at radius 3 is 2.31 bits per heavy atom. The lowest BCUT2D eigenvalue weighted by Gasteiger charge is -2.20. The fourth-order valence-corrected chi connectivity index (χ4v) is 4.21. The van der Waals surface area contributed by atoms with Gasteiger partial charge in [-0.2, -0.15) is 5.26 Å². The van der Waals surface area contributed by atoms with Gasteiger partial charge in [-0.1, -0.05) is 66.2 Å². The molecule has 7 heteroatoms. The minimum atomic E-state index is -1.36. The molecular weight excluding hydrogens is 428 g/mol. The van der Waals surface area contributed by atoms with Crippen LogP contribution in [0.5, 0.6) is 0 Å². The van der Waals surface area contributed by atoms with Crippen LogP contribution in [0.4, 0.5) is 4.79 Å². The van der Waals surface area contributed by atoms with E-state index < -0.39 is 18.3 Å². The molecule has 0 aromatic heterocycles. The molecule has 0 heterocycles. The van der Waals surface area contributed by atoms with Gasteiger partial charge in [-0.3, -0.25) is 0 Å². The first-order valence-electron chi connectivity index (χ1n) is 10.1. The number of carbonyl (C=O) groups excluding carboxylic acids is 1. The van der Waals surface area contributed by atoms with Crippen LogP contribution < -0.4 is 5.32 Å². The van der Waals surface area contributed by atoms with Crippen LogP contribution in [0.2, 0.25) is 5.02 Å². The maximum atomic E-state index is 12.3. The smallest absolute Gasteiger partial charge is 0.407 e. The van der Waals surface area contributed by atoms with E-state index in [1.807, 2.05) is 42.5 Å². The SMILES string of the molecule is N#Cc1cc(Cl)ccc1C(O)C(O)CNC(=O)OCC1c2ccccc2-c2ccccc21. The highest BCUT2D eigenvalue weighted by Crippen LogP contribution is 2.44. The number of alkyl carbamates (subject to hydrolysis) is 1. The molecule has 0 bridgehead atoms. The molecule has 0 fully saturated rings. The number of nitrogens with one attached hydrogen (secondary N) is 1. The summed E-state index contributed by atoms with van der Waals surface area (Å²) in [6.45, 7) is -0.0976. The molecule has 32 heavy (non-hydrogen) atoms. The summed E-state index contributed by atoms with van der Waals surface area (Å²) in [6, 6.07) is 22.4. The fourth-order valence-electron chi connectivity index (χ4n) is 4.04. The van der Waals surface area contributed by atoms with Gasteiger partial charge in [-0.05, 0) is 34.4 Å². The summed E-state index contributed by atoms with van der Waals surface area (Å²) >= 11 is 5.87.